The van der Waals surface area contributed by atoms with E-state index in [0.717, 1.165) is 41.3 Å². The topological polar surface area (TPSA) is 58.2 Å². The highest BCUT2D eigenvalue weighted by atomic mass is 35.5. The highest BCUT2D eigenvalue weighted by Crippen LogP contribution is 2.43. The van der Waals surface area contributed by atoms with Crippen LogP contribution in [0.2, 0.25) is 0 Å². The molecule has 3 rings (SSSR count). The summed E-state index contributed by atoms with van der Waals surface area (Å²) in [7, 11) is 4.92. The van der Waals surface area contributed by atoms with Gasteiger partial charge in [-0.2, -0.15) is 0 Å². The molecule has 0 radical (unpaired) electrons. The fourth-order valence-corrected chi connectivity index (χ4v) is 3.66. The first-order chi connectivity index (χ1) is 13.7. The van der Waals surface area contributed by atoms with Crippen LogP contribution in [0.4, 0.5) is 0 Å². The van der Waals surface area contributed by atoms with Gasteiger partial charge < -0.3 is 29.0 Å². The van der Waals surface area contributed by atoms with Crippen molar-refractivity contribution in [1.82, 2.24) is 5.32 Å². The lowest BCUT2D eigenvalue weighted by atomic mass is 9.88. The molecule has 1 unspecified atom stereocenters. The van der Waals surface area contributed by atoms with E-state index < -0.39 is 0 Å². The van der Waals surface area contributed by atoms with Crippen molar-refractivity contribution in [2.75, 3.05) is 41.1 Å². The summed E-state index contributed by atoms with van der Waals surface area (Å²) in [6.45, 7) is 5.99. The zero-order valence-corrected chi connectivity index (χ0v) is 18.5. The Morgan fingerprint density at radius 2 is 1.31 bits per heavy atom. The van der Waals surface area contributed by atoms with Gasteiger partial charge in [0.05, 0.1) is 40.6 Å². The van der Waals surface area contributed by atoms with Crippen LogP contribution in [-0.4, -0.2) is 41.1 Å². The van der Waals surface area contributed by atoms with Gasteiger partial charge in [-0.25, -0.2) is 0 Å². The third kappa shape index (κ3) is 4.65. The molecule has 1 aliphatic heterocycles. The zero-order chi connectivity index (χ0) is 20.1. The molecule has 0 fully saturated rings. The predicted molar refractivity (Wildman–Crippen MR) is 116 cm³/mol. The van der Waals surface area contributed by atoms with Crippen LogP contribution in [-0.2, 0) is 6.42 Å². The van der Waals surface area contributed by atoms with Gasteiger partial charge in [-0.05, 0) is 49.6 Å². The molecule has 160 valence electrons. The van der Waals surface area contributed by atoms with Crippen molar-refractivity contribution in [2.45, 2.75) is 26.3 Å². The molecule has 1 aliphatic rings. The summed E-state index contributed by atoms with van der Waals surface area (Å²) in [6, 6.07) is 7.97. The zero-order valence-electron chi connectivity index (χ0n) is 17.7. The molecule has 0 bridgehead atoms. The monoisotopic (exact) mass is 423 g/mol. The van der Waals surface area contributed by atoms with Gasteiger partial charge in [-0.1, -0.05) is 0 Å². The Hall–Kier alpha value is -2.31. The number of hydrogen-bond donors (Lipinski definition) is 1. The third-order valence-corrected chi connectivity index (χ3v) is 4.91. The van der Waals surface area contributed by atoms with Crippen LogP contribution in [0.3, 0.4) is 0 Å². The van der Waals surface area contributed by atoms with Gasteiger partial charge in [-0.15, -0.1) is 12.4 Å². The van der Waals surface area contributed by atoms with Crippen LogP contribution < -0.4 is 29.0 Å². The summed E-state index contributed by atoms with van der Waals surface area (Å²) < 4.78 is 28.3. The molecule has 0 aromatic heterocycles. The summed E-state index contributed by atoms with van der Waals surface area (Å²) in [5.74, 6) is 3.61. The highest BCUT2D eigenvalue weighted by Gasteiger charge is 2.28. The van der Waals surface area contributed by atoms with Gasteiger partial charge in [0.2, 0.25) is 0 Å². The average Bonchev–Trinajstić information content (AvgIpc) is 2.73. The Morgan fingerprint density at radius 3 is 1.90 bits per heavy atom. The van der Waals surface area contributed by atoms with Crippen molar-refractivity contribution in [3.8, 4) is 28.7 Å². The van der Waals surface area contributed by atoms with Crippen molar-refractivity contribution in [3.05, 3.63) is 41.0 Å². The largest absolute Gasteiger partial charge is 0.496 e. The fourth-order valence-electron chi connectivity index (χ4n) is 3.66. The van der Waals surface area contributed by atoms with E-state index in [2.05, 4.69) is 17.4 Å². The maximum atomic E-state index is 5.85. The Bertz CT molecular complexity index is 827. The lowest BCUT2D eigenvalue weighted by Gasteiger charge is -2.30. The van der Waals surface area contributed by atoms with Crippen molar-refractivity contribution < 1.29 is 23.7 Å². The van der Waals surface area contributed by atoms with Crippen molar-refractivity contribution in [2.24, 2.45) is 0 Å². The van der Waals surface area contributed by atoms with Crippen LogP contribution in [0.1, 0.15) is 36.6 Å². The number of halogens is 1. The Balaban J connectivity index is 0.00000300. The Labute approximate surface area is 178 Å². The number of nitrogens with one attached hydrogen (secondary N) is 1. The molecule has 2 aromatic rings. The molecule has 0 amide bonds. The molecule has 0 spiro atoms. The third-order valence-electron chi connectivity index (χ3n) is 4.91. The Morgan fingerprint density at radius 1 is 0.759 bits per heavy atom. The van der Waals surface area contributed by atoms with E-state index in [1.807, 2.05) is 26.0 Å². The van der Waals surface area contributed by atoms with Crippen LogP contribution in [0.5, 0.6) is 28.7 Å². The standard InChI is InChI=1S/C22H29NO5.ClH/c1-6-27-20-10-14-8-9-23-22(15(14)11-21(20)28-7-2)16-12-18(25-4)19(26-5)13-17(16)24-3;/h10-13,22-23H,6-9H2,1-5H3;1H. The number of ether oxygens (including phenoxy) is 5. The molecule has 2 aromatic carbocycles. The maximum Gasteiger partial charge on any atom is 0.164 e. The molecule has 1 N–H and O–H groups in total. The van der Waals surface area contributed by atoms with Gasteiger partial charge in [0.25, 0.3) is 0 Å². The lowest BCUT2D eigenvalue weighted by Crippen LogP contribution is -2.31. The first-order valence-corrected chi connectivity index (χ1v) is 9.62. The van der Waals surface area contributed by atoms with Crippen LogP contribution in [0.15, 0.2) is 24.3 Å². The van der Waals surface area contributed by atoms with Crippen LogP contribution >= 0.6 is 12.4 Å². The first kappa shape index (κ1) is 23.0. The fraction of sp³-hybridized carbons (Fsp3) is 0.455. The number of rotatable bonds is 8. The minimum Gasteiger partial charge on any atom is -0.496 e. The summed E-state index contributed by atoms with van der Waals surface area (Å²) in [4.78, 5) is 0. The van der Waals surface area contributed by atoms with Gasteiger partial charge in [-0.3, -0.25) is 0 Å². The number of benzene rings is 2. The SMILES string of the molecule is CCOc1cc2c(cc1OCC)C(c1cc(OC)c(OC)cc1OC)NCC2.Cl. The minimum absolute atomic E-state index is 0. The van der Waals surface area contributed by atoms with E-state index in [0.29, 0.717) is 24.7 Å². The average molecular weight is 424 g/mol. The van der Waals surface area contributed by atoms with Crippen molar-refractivity contribution in [3.63, 3.8) is 0 Å². The van der Waals surface area contributed by atoms with E-state index in [1.165, 1.54) is 5.56 Å². The summed E-state index contributed by atoms with van der Waals surface area (Å²) in [5.41, 5.74) is 3.39. The normalized spacial score (nSPS) is 15.0. The molecule has 29 heavy (non-hydrogen) atoms. The van der Waals surface area contributed by atoms with E-state index in [9.17, 15) is 0 Å². The number of methoxy groups -OCH3 is 3. The second-order valence-corrected chi connectivity index (χ2v) is 6.45. The van der Waals surface area contributed by atoms with Gasteiger partial charge >= 0.3 is 0 Å². The molecule has 1 atom stereocenters. The highest BCUT2D eigenvalue weighted by molar-refractivity contribution is 5.85. The van der Waals surface area contributed by atoms with Gasteiger partial charge in [0.15, 0.2) is 23.0 Å². The Kier molecular flexibility index (Phi) is 8.29. The smallest absolute Gasteiger partial charge is 0.164 e. The minimum atomic E-state index is -0.0478. The van der Waals surface area contributed by atoms with E-state index in [1.54, 1.807) is 21.3 Å². The molecule has 0 aliphatic carbocycles. The number of hydrogen-bond acceptors (Lipinski definition) is 6. The molecule has 7 heteroatoms. The quantitative estimate of drug-likeness (QED) is 0.687. The second-order valence-electron chi connectivity index (χ2n) is 6.45. The molecule has 6 nitrogen and oxygen atoms in total. The van der Waals surface area contributed by atoms with Crippen LogP contribution in [0.25, 0.3) is 0 Å². The summed E-state index contributed by atoms with van der Waals surface area (Å²) in [5, 5.41) is 3.60. The van der Waals surface area contributed by atoms with Crippen LogP contribution in [0, 0.1) is 0 Å². The number of fused-ring (bicyclic) bond motifs is 1. The molecule has 0 saturated heterocycles. The molecular weight excluding hydrogens is 394 g/mol. The summed E-state index contributed by atoms with van der Waals surface area (Å²) in [6.07, 6.45) is 0.925. The van der Waals surface area contributed by atoms with E-state index >= 15 is 0 Å². The van der Waals surface area contributed by atoms with Gasteiger partial charge in [0.1, 0.15) is 5.75 Å². The second kappa shape index (κ2) is 10.5. The van der Waals surface area contributed by atoms with E-state index in [-0.39, 0.29) is 18.4 Å². The van der Waals surface area contributed by atoms with E-state index in [4.69, 9.17) is 23.7 Å². The summed E-state index contributed by atoms with van der Waals surface area (Å²) >= 11 is 0. The van der Waals surface area contributed by atoms with Crippen molar-refractivity contribution >= 4 is 12.4 Å². The van der Waals surface area contributed by atoms with Crippen molar-refractivity contribution in [1.29, 1.82) is 0 Å². The molecule has 0 saturated carbocycles. The molecular formula is C22H30ClNO5. The van der Waals surface area contributed by atoms with Gasteiger partial charge in [0, 0.05) is 18.2 Å². The lowest BCUT2D eigenvalue weighted by molar-refractivity contribution is 0.286. The first-order valence-electron chi connectivity index (χ1n) is 9.62. The molecule has 1 heterocycles. The predicted octanol–water partition coefficient (Wildman–Crippen LogP) is 4.17. The maximum absolute atomic E-state index is 5.85.